The summed E-state index contributed by atoms with van der Waals surface area (Å²) in [6.45, 7) is 4.03. The van der Waals surface area contributed by atoms with Gasteiger partial charge in [-0.3, -0.25) is 4.99 Å². The number of nitrogens with zero attached hydrogens (tertiary/aromatic N) is 2. The Balaban J connectivity index is 1.51. The summed E-state index contributed by atoms with van der Waals surface area (Å²) in [5, 5.41) is 10.2. The third kappa shape index (κ3) is 6.34. The van der Waals surface area contributed by atoms with Gasteiger partial charge in [-0.1, -0.05) is 25.7 Å². The lowest BCUT2D eigenvalue weighted by molar-refractivity contribution is 0.481. The molecule has 1 aliphatic carbocycles. The summed E-state index contributed by atoms with van der Waals surface area (Å²) in [4.78, 5) is 8.78. The molecule has 0 atom stereocenters. The van der Waals surface area contributed by atoms with Crippen LogP contribution in [0.15, 0.2) is 10.4 Å². The van der Waals surface area contributed by atoms with E-state index in [9.17, 15) is 0 Å². The highest BCUT2D eigenvalue weighted by Gasteiger charge is 2.13. The Labute approximate surface area is 138 Å². The highest BCUT2D eigenvalue weighted by Crippen LogP contribution is 2.28. The van der Waals surface area contributed by atoms with Crippen molar-refractivity contribution in [1.82, 2.24) is 15.6 Å². The van der Waals surface area contributed by atoms with Crippen LogP contribution < -0.4 is 10.6 Å². The summed E-state index contributed by atoms with van der Waals surface area (Å²) in [5.74, 6) is 1.92. The van der Waals surface area contributed by atoms with Gasteiger partial charge in [-0.15, -0.1) is 11.3 Å². The third-order valence-corrected chi connectivity index (χ3v) is 5.33. The Kier molecular flexibility index (Phi) is 7.71. The molecule has 5 heteroatoms. The first-order valence-electron chi connectivity index (χ1n) is 8.63. The summed E-state index contributed by atoms with van der Waals surface area (Å²) in [5.41, 5.74) is 1.13. The van der Waals surface area contributed by atoms with Gasteiger partial charge in [-0.05, 0) is 32.1 Å². The number of nitrogens with one attached hydrogen (secondary N) is 2. The summed E-state index contributed by atoms with van der Waals surface area (Å²) in [7, 11) is 1.84. The van der Waals surface area contributed by atoms with Crippen molar-refractivity contribution in [2.75, 3.05) is 20.1 Å². The number of hydrogen-bond acceptors (Lipinski definition) is 3. The van der Waals surface area contributed by atoms with Gasteiger partial charge in [0.25, 0.3) is 0 Å². The monoisotopic (exact) mass is 322 g/mol. The maximum atomic E-state index is 4.49. The number of aryl methyl sites for hydroxylation is 2. The molecule has 0 aliphatic heterocycles. The largest absolute Gasteiger partial charge is 0.356 e. The molecular formula is C17H30N4S. The van der Waals surface area contributed by atoms with Gasteiger partial charge in [0.2, 0.25) is 0 Å². The summed E-state index contributed by atoms with van der Waals surface area (Å²) in [6.07, 6.45) is 10.5. The fraction of sp³-hybridized carbons (Fsp3) is 0.765. The zero-order chi connectivity index (χ0) is 15.6. The molecule has 2 rings (SSSR count). The van der Waals surface area contributed by atoms with Gasteiger partial charge in [-0.25, -0.2) is 4.98 Å². The van der Waals surface area contributed by atoms with E-state index < -0.39 is 0 Å². The van der Waals surface area contributed by atoms with Crippen molar-refractivity contribution in [1.29, 1.82) is 0 Å². The first-order chi connectivity index (χ1) is 10.8. The number of aliphatic imine (C=N–C) groups is 1. The molecule has 1 saturated carbocycles. The van der Waals surface area contributed by atoms with Gasteiger partial charge in [0.15, 0.2) is 5.96 Å². The normalized spacial score (nSPS) is 16.2. The van der Waals surface area contributed by atoms with Gasteiger partial charge in [-0.2, -0.15) is 0 Å². The van der Waals surface area contributed by atoms with Crippen molar-refractivity contribution in [3.8, 4) is 0 Å². The van der Waals surface area contributed by atoms with Gasteiger partial charge in [0.05, 0.1) is 5.01 Å². The first kappa shape index (κ1) is 17.3. The maximum absolute atomic E-state index is 4.49. The van der Waals surface area contributed by atoms with Gasteiger partial charge in [0.1, 0.15) is 0 Å². The Bertz CT molecular complexity index is 449. The molecule has 0 spiro atoms. The minimum Gasteiger partial charge on any atom is -0.356 e. The lowest BCUT2D eigenvalue weighted by Gasteiger charge is -2.13. The second-order valence-corrected chi connectivity index (χ2v) is 7.15. The van der Waals surface area contributed by atoms with E-state index in [1.807, 2.05) is 7.05 Å². The lowest BCUT2D eigenvalue weighted by Crippen LogP contribution is -2.38. The molecule has 1 fully saturated rings. The molecule has 0 bridgehead atoms. The Hall–Kier alpha value is -1.10. The average molecular weight is 323 g/mol. The lowest BCUT2D eigenvalue weighted by atomic mass is 10.0. The second kappa shape index (κ2) is 9.82. The molecular weight excluding hydrogens is 292 g/mol. The highest BCUT2D eigenvalue weighted by atomic mass is 32.1. The first-order valence-corrected chi connectivity index (χ1v) is 9.51. The molecule has 2 N–H and O–H groups in total. The van der Waals surface area contributed by atoms with E-state index in [1.54, 1.807) is 11.3 Å². The van der Waals surface area contributed by atoms with Crippen molar-refractivity contribution in [3.05, 3.63) is 16.1 Å². The maximum Gasteiger partial charge on any atom is 0.190 e. The van der Waals surface area contributed by atoms with Crippen molar-refractivity contribution >= 4 is 17.3 Å². The van der Waals surface area contributed by atoms with Crippen LogP contribution in [0.4, 0.5) is 0 Å². The number of aromatic nitrogens is 1. The average Bonchev–Trinajstić information content (AvgIpc) is 3.17. The molecule has 4 nitrogen and oxygen atoms in total. The fourth-order valence-corrected chi connectivity index (χ4v) is 3.90. The quantitative estimate of drug-likeness (QED) is 0.437. The molecule has 1 aromatic heterocycles. The molecule has 22 heavy (non-hydrogen) atoms. The number of rotatable bonds is 8. The van der Waals surface area contributed by atoms with Crippen LogP contribution in [-0.2, 0) is 6.42 Å². The molecule has 0 saturated heterocycles. The van der Waals surface area contributed by atoms with Crippen LogP contribution in [0.2, 0.25) is 0 Å². The summed E-state index contributed by atoms with van der Waals surface area (Å²) >= 11 is 1.76. The van der Waals surface area contributed by atoms with E-state index >= 15 is 0 Å². The smallest absolute Gasteiger partial charge is 0.190 e. The Morgan fingerprint density at radius 1 is 1.27 bits per heavy atom. The Morgan fingerprint density at radius 2 is 2.00 bits per heavy atom. The van der Waals surface area contributed by atoms with Crippen LogP contribution in [0.25, 0.3) is 0 Å². The molecule has 1 heterocycles. The van der Waals surface area contributed by atoms with Gasteiger partial charge >= 0.3 is 0 Å². The van der Waals surface area contributed by atoms with Gasteiger partial charge in [0, 0.05) is 37.6 Å². The summed E-state index contributed by atoms with van der Waals surface area (Å²) < 4.78 is 0. The molecule has 124 valence electrons. The molecule has 0 unspecified atom stereocenters. The van der Waals surface area contributed by atoms with E-state index in [-0.39, 0.29) is 0 Å². The van der Waals surface area contributed by atoms with Crippen LogP contribution in [0.3, 0.4) is 0 Å². The van der Waals surface area contributed by atoms with Crippen LogP contribution >= 0.6 is 11.3 Å². The zero-order valence-electron chi connectivity index (χ0n) is 14.0. The minimum atomic E-state index is 0.932. The molecule has 0 radical (unpaired) electrons. The van der Waals surface area contributed by atoms with Crippen molar-refractivity contribution < 1.29 is 0 Å². The SMILES string of the molecule is CN=C(NCCCc1nc(C)cs1)NCCCC1CCCC1. The van der Waals surface area contributed by atoms with E-state index in [1.165, 1.54) is 43.5 Å². The van der Waals surface area contributed by atoms with Gasteiger partial charge < -0.3 is 10.6 Å². The summed E-state index contributed by atoms with van der Waals surface area (Å²) in [6, 6.07) is 0. The van der Waals surface area contributed by atoms with Crippen LogP contribution in [-0.4, -0.2) is 31.1 Å². The zero-order valence-corrected chi connectivity index (χ0v) is 14.8. The highest BCUT2D eigenvalue weighted by molar-refractivity contribution is 7.09. The molecule has 0 aromatic carbocycles. The minimum absolute atomic E-state index is 0.932. The second-order valence-electron chi connectivity index (χ2n) is 6.20. The van der Waals surface area contributed by atoms with Crippen molar-refractivity contribution in [2.45, 2.75) is 58.3 Å². The standard InChI is InChI=1S/C17H30N4S/c1-14-13-22-16(21-14)10-6-12-20-17(18-2)19-11-5-9-15-7-3-4-8-15/h13,15H,3-12H2,1-2H3,(H2,18,19,20). The van der Waals surface area contributed by atoms with E-state index in [2.05, 4.69) is 32.9 Å². The predicted octanol–water partition coefficient (Wildman–Crippen LogP) is 3.52. The number of guanidine groups is 1. The van der Waals surface area contributed by atoms with Crippen molar-refractivity contribution in [2.24, 2.45) is 10.9 Å². The third-order valence-electron chi connectivity index (χ3n) is 4.31. The molecule has 1 aromatic rings. The Morgan fingerprint density at radius 3 is 2.64 bits per heavy atom. The van der Waals surface area contributed by atoms with E-state index in [4.69, 9.17) is 0 Å². The molecule has 0 amide bonds. The predicted molar refractivity (Wildman–Crippen MR) is 95.7 cm³/mol. The molecule has 1 aliphatic rings. The van der Waals surface area contributed by atoms with E-state index in [0.717, 1.165) is 43.5 Å². The van der Waals surface area contributed by atoms with E-state index in [0.29, 0.717) is 0 Å². The van der Waals surface area contributed by atoms with Crippen LogP contribution in [0.5, 0.6) is 0 Å². The fourth-order valence-electron chi connectivity index (χ4n) is 3.08. The topological polar surface area (TPSA) is 49.3 Å². The van der Waals surface area contributed by atoms with Crippen LogP contribution in [0.1, 0.15) is 55.6 Å². The number of thiazole rings is 1. The van der Waals surface area contributed by atoms with Crippen LogP contribution in [0, 0.1) is 12.8 Å². The van der Waals surface area contributed by atoms with Crippen molar-refractivity contribution in [3.63, 3.8) is 0 Å². The number of hydrogen-bond donors (Lipinski definition) is 2.